The molecule has 0 atom stereocenters. The van der Waals surface area contributed by atoms with Crippen LogP contribution in [0, 0.1) is 0 Å². The molecule has 8 heteroatoms. The van der Waals surface area contributed by atoms with Crippen molar-refractivity contribution in [2.45, 2.75) is 17.7 Å². The lowest BCUT2D eigenvalue weighted by molar-refractivity contribution is -0.140. The van der Waals surface area contributed by atoms with Crippen molar-refractivity contribution in [2.75, 3.05) is 20.7 Å². The van der Waals surface area contributed by atoms with Crippen LogP contribution in [0.15, 0.2) is 23.1 Å². The smallest absolute Gasteiger partial charge is 0.305 e. The van der Waals surface area contributed by atoms with E-state index in [1.54, 1.807) is 6.07 Å². The molecule has 0 aliphatic rings. The highest BCUT2D eigenvalue weighted by atomic mass is 35.5. The molecule has 0 radical (unpaired) electrons. The van der Waals surface area contributed by atoms with E-state index in [-0.39, 0.29) is 33.9 Å². The Morgan fingerprint density at radius 2 is 1.85 bits per heavy atom. The predicted molar refractivity (Wildman–Crippen MR) is 77.5 cm³/mol. The van der Waals surface area contributed by atoms with Crippen molar-refractivity contribution in [3.8, 4) is 0 Å². The first-order chi connectivity index (χ1) is 9.30. The van der Waals surface area contributed by atoms with Gasteiger partial charge in [-0.2, -0.15) is 0 Å². The Bertz CT molecular complexity index is 569. The number of hydrogen-bond acceptors (Lipinski definition) is 4. The molecule has 0 bridgehead atoms. The van der Waals surface area contributed by atoms with Gasteiger partial charge >= 0.3 is 5.97 Å². The van der Waals surface area contributed by atoms with E-state index in [2.05, 4.69) is 4.74 Å². The van der Waals surface area contributed by atoms with E-state index in [0.29, 0.717) is 6.42 Å². The van der Waals surface area contributed by atoms with Gasteiger partial charge in [0.1, 0.15) is 4.90 Å². The molecule has 1 aromatic carbocycles. The molecule has 5 nitrogen and oxygen atoms in total. The Labute approximate surface area is 128 Å². The Morgan fingerprint density at radius 3 is 2.35 bits per heavy atom. The molecule has 0 saturated carbocycles. The number of carbonyl (C=O) groups is 1. The van der Waals surface area contributed by atoms with Gasteiger partial charge in [-0.3, -0.25) is 4.79 Å². The lowest BCUT2D eigenvalue weighted by atomic mass is 10.3. The first kappa shape index (κ1) is 17.2. The average Bonchev–Trinajstić information content (AvgIpc) is 2.37. The zero-order valence-corrected chi connectivity index (χ0v) is 13.4. The Hall–Kier alpha value is -0.820. The fourth-order valence-electron chi connectivity index (χ4n) is 1.55. The second kappa shape index (κ2) is 7.26. The number of rotatable bonds is 6. The summed E-state index contributed by atoms with van der Waals surface area (Å²) in [5, 5.41) is 0.134. The van der Waals surface area contributed by atoms with Gasteiger partial charge in [-0.15, -0.1) is 0 Å². The van der Waals surface area contributed by atoms with Gasteiger partial charge in [-0.1, -0.05) is 29.3 Å². The number of benzene rings is 1. The van der Waals surface area contributed by atoms with Gasteiger partial charge in [-0.25, -0.2) is 12.7 Å². The van der Waals surface area contributed by atoms with Crippen LogP contribution in [0.25, 0.3) is 0 Å². The Kier molecular flexibility index (Phi) is 6.26. The van der Waals surface area contributed by atoms with E-state index in [1.165, 1.54) is 26.3 Å². The highest BCUT2D eigenvalue weighted by molar-refractivity contribution is 7.89. The third-order valence-corrected chi connectivity index (χ3v) is 5.48. The van der Waals surface area contributed by atoms with Crippen molar-refractivity contribution in [1.29, 1.82) is 0 Å². The fraction of sp³-hybridized carbons (Fsp3) is 0.417. The second-order valence-corrected chi connectivity index (χ2v) is 6.85. The standard InChI is InChI=1S/C12H15Cl2NO4S/c1-15(8-4-7-11(16)19-2)20(17,18)12-9(13)5-3-6-10(12)14/h3,5-6H,4,7-8H2,1-2H3. The van der Waals surface area contributed by atoms with Crippen molar-refractivity contribution in [1.82, 2.24) is 4.31 Å². The van der Waals surface area contributed by atoms with Crippen LogP contribution in [0.4, 0.5) is 0 Å². The molecule has 1 aromatic rings. The summed E-state index contributed by atoms with van der Waals surface area (Å²) in [6, 6.07) is 4.49. The lowest BCUT2D eigenvalue weighted by Gasteiger charge is -2.18. The Balaban J connectivity index is 2.86. The minimum absolute atomic E-state index is 0.0670. The summed E-state index contributed by atoms with van der Waals surface area (Å²) < 4.78 is 30.3. The monoisotopic (exact) mass is 339 g/mol. The number of esters is 1. The number of hydrogen-bond donors (Lipinski definition) is 0. The molecule has 0 unspecified atom stereocenters. The molecule has 0 aliphatic carbocycles. The predicted octanol–water partition coefficient (Wildman–Crippen LogP) is 2.57. The van der Waals surface area contributed by atoms with Crippen molar-refractivity contribution >= 4 is 39.2 Å². The van der Waals surface area contributed by atoms with Crippen LogP contribution >= 0.6 is 23.2 Å². The maximum Gasteiger partial charge on any atom is 0.305 e. The molecule has 0 fully saturated rings. The minimum atomic E-state index is -3.79. The first-order valence-corrected chi connectivity index (χ1v) is 7.97. The van der Waals surface area contributed by atoms with Gasteiger partial charge in [-0.05, 0) is 18.6 Å². The maximum atomic E-state index is 12.4. The highest BCUT2D eigenvalue weighted by Gasteiger charge is 2.26. The number of ether oxygens (including phenoxy) is 1. The van der Waals surface area contributed by atoms with E-state index in [4.69, 9.17) is 23.2 Å². The molecule has 20 heavy (non-hydrogen) atoms. The number of nitrogens with zero attached hydrogens (tertiary/aromatic N) is 1. The van der Waals surface area contributed by atoms with E-state index in [9.17, 15) is 13.2 Å². The quantitative estimate of drug-likeness (QED) is 0.747. The van der Waals surface area contributed by atoms with Crippen molar-refractivity contribution < 1.29 is 17.9 Å². The minimum Gasteiger partial charge on any atom is -0.469 e. The fourth-order valence-corrected chi connectivity index (χ4v) is 3.85. The molecule has 0 aromatic heterocycles. The molecular weight excluding hydrogens is 325 g/mol. The van der Waals surface area contributed by atoms with E-state index < -0.39 is 10.0 Å². The third-order valence-electron chi connectivity index (χ3n) is 2.67. The van der Waals surface area contributed by atoms with Crippen LogP contribution in [-0.2, 0) is 19.6 Å². The van der Waals surface area contributed by atoms with Crippen LogP contribution in [-0.4, -0.2) is 39.4 Å². The summed E-state index contributed by atoms with van der Waals surface area (Å²) in [4.78, 5) is 10.9. The second-order valence-electron chi connectivity index (χ2n) is 4.06. The molecule has 0 spiro atoms. The molecule has 0 amide bonds. The van der Waals surface area contributed by atoms with Gasteiger partial charge in [0, 0.05) is 20.0 Å². The summed E-state index contributed by atoms with van der Waals surface area (Å²) in [5.41, 5.74) is 0. The summed E-state index contributed by atoms with van der Waals surface area (Å²) >= 11 is 11.8. The van der Waals surface area contributed by atoms with Crippen LogP contribution in [0.3, 0.4) is 0 Å². The highest BCUT2D eigenvalue weighted by Crippen LogP contribution is 2.30. The van der Waals surface area contributed by atoms with Crippen LogP contribution in [0.5, 0.6) is 0 Å². The van der Waals surface area contributed by atoms with E-state index in [0.717, 1.165) is 4.31 Å². The largest absolute Gasteiger partial charge is 0.469 e. The molecule has 0 N–H and O–H groups in total. The Morgan fingerprint density at radius 1 is 1.30 bits per heavy atom. The first-order valence-electron chi connectivity index (χ1n) is 5.78. The third kappa shape index (κ3) is 4.09. The van der Waals surface area contributed by atoms with Crippen LogP contribution in [0.2, 0.25) is 10.0 Å². The molecule has 0 saturated heterocycles. The number of sulfonamides is 1. The molecule has 112 valence electrons. The lowest BCUT2D eigenvalue weighted by Crippen LogP contribution is -2.28. The van der Waals surface area contributed by atoms with Gasteiger partial charge in [0.25, 0.3) is 0 Å². The molecule has 0 aliphatic heterocycles. The van der Waals surface area contributed by atoms with Crippen molar-refractivity contribution in [3.05, 3.63) is 28.2 Å². The normalized spacial score (nSPS) is 11.7. The van der Waals surface area contributed by atoms with Gasteiger partial charge < -0.3 is 4.74 Å². The molecular formula is C12H15Cl2NO4S. The zero-order chi connectivity index (χ0) is 15.3. The van der Waals surface area contributed by atoms with E-state index >= 15 is 0 Å². The van der Waals surface area contributed by atoms with Gasteiger partial charge in [0.15, 0.2) is 0 Å². The van der Waals surface area contributed by atoms with Crippen molar-refractivity contribution in [2.24, 2.45) is 0 Å². The van der Waals surface area contributed by atoms with Crippen molar-refractivity contribution in [3.63, 3.8) is 0 Å². The zero-order valence-electron chi connectivity index (χ0n) is 11.1. The summed E-state index contributed by atoms with van der Waals surface area (Å²) in [5.74, 6) is -0.383. The number of halogens is 2. The summed E-state index contributed by atoms with van der Waals surface area (Å²) in [6.07, 6.45) is 0.497. The van der Waals surface area contributed by atoms with Gasteiger partial charge in [0.05, 0.1) is 17.2 Å². The van der Waals surface area contributed by atoms with Crippen LogP contribution < -0.4 is 0 Å². The molecule has 1 rings (SSSR count). The average molecular weight is 340 g/mol. The molecule has 0 heterocycles. The van der Waals surface area contributed by atoms with Gasteiger partial charge in [0.2, 0.25) is 10.0 Å². The van der Waals surface area contributed by atoms with Crippen LogP contribution in [0.1, 0.15) is 12.8 Å². The number of carbonyl (C=O) groups excluding carboxylic acids is 1. The number of methoxy groups -OCH3 is 1. The summed E-state index contributed by atoms with van der Waals surface area (Å²) in [7, 11) is -1.09. The summed E-state index contributed by atoms with van der Waals surface area (Å²) in [6.45, 7) is 0.166. The topological polar surface area (TPSA) is 63.7 Å². The SMILES string of the molecule is COC(=O)CCCN(C)S(=O)(=O)c1c(Cl)cccc1Cl. The maximum absolute atomic E-state index is 12.4. The van der Waals surface area contributed by atoms with E-state index in [1.807, 2.05) is 0 Å².